The van der Waals surface area contributed by atoms with Crippen LogP contribution in [0.15, 0.2) is 24.3 Å². The number of hydrogen-bond acceptors (Lipinski definition) is 3. The smallest absolute Gasteiger partial charge is 0.237 e. The highest BCUT2D eigenvalue weighted by Gasteiger charge is 2.27. The molecule has 1 aliphatic rings. The number of rotatable bonds is 6. The molecular formula is C15H23N3O. The van der Waals surface area contributed by atoms with Gasteiger partial charge in [0.25, 0.3) is 0 Å². The fourth-order valence-electron chi connectivity index (χ4n) is 2.10. The zero-order chi connectivity index (χ0) is 13.8. The summed E-state index contributed by atoms with van der Waals surface area (Å²) in [6.45, 7) is 5.68. The van der Waals surface area contributed by atoms with Crippen molar-refractivity contribution in [2.45, 2.75) is 45.3 Å². The van der Waals surface area contributed by atoms with Crippen LogP contribution in [0.4, 0.5) is 5.69 Å². The zero-order valence-electron chi connectivity index (χ0n) is 11.7. The predicted molar refractivity (Wildman–Crippen MR) is 77.6 cm³/mol. The van der Waals surface area contributed by atoms with Crippen molar-refractivity contribution in [1.29, 1.82) is 0 Å². The van der Waals surface area contributed by atoms with Crippen molar-refractivity contribution < 1.29 is 4.79 Å². The fourth-order valence-corrected chi connectivity index (χ4v) is 2.10. The van der Waals surface area contributed by atoms with Gasteiger partial charge in [-0.05, 0) is 44.0 Å². The van der Waals surface area contributed by atoms with Gasteiger partial charge in [0.1, 0.15) is 0 Å². The molecule has 1 aliphatic carbocycles. The Morgan fingerprint density at radius 3 is 2.58 bits per heavy atom. The minimum absolute atomic E-state index is 0.0943. The predicted octanol–water partition coefficient (Wildman–Crippen LogP) is 1.76. The molecule has 0 aliphatic heterocycles. The molecule has 4 heteroatoms. The molecule has 1 saturated carbocycles. The molecule has 1 fully saturated rings. The molecule has 1 unspecified atom stereocenters. The molecule has 0 bridgehead atoms. The van der Waals surface area contributed by atoms with Gasteiger partial charge in [-0.15, -0.1) is 0 Å². The third-order valence-electron chi connectivity index (χ3n) is 3.62. The van der Waals surface area contributed by atoms with E-state index in [0.717, 1.165) is 31.6 Å². The van der Waals surface area contributed by atoms with Crippen LogP contribution in [0.2, 0.25) is 0 Å². The van der Waals surface area contributed by atoms with Crippen LogP contribution in [0.5, 0.6) is 0 Å². The maximum Gasteiger partial charge on any atom is 0.237 e. The van der Waals surface area contributed by atoms with E-state index in [9.17, 15) is 4.79 Å². The Bertz CT molecular complexity index is 426. The number of hydrogen-bond donors (Lipinski definition) is 2. The molecule has 1 aromatic carbocycles. The summed E-state index contributed by atoms with van der Waals surface area (Å²) in [6, 6.07) is 8.16. The molecule has 0 spiro atoms. The van der Waals surface area contributed by atoms with E-state index in [2.05, 4.69) is 17.1 Å². The number of nitrogen functional groups attached to an aromatic ring is 1. The summed E-state index contributed by atoms with van der Waals surface area (Å²) >= 11 is 0. The molecule has 2 rings (SSSR count). The zero-order valence-corrected chi connectivity index (χ0v) is 11.7. The van der Waals surface area contributed by atoms with E-state index in [1.165, 1.54) is 5.56 Å². The molecule has 1 atom stereocenters. The first-order valence-corrected chi connectivity index (χ1v) is 6.99. The van der Waals surface area contributed by atoms with E-state index in [4.69, 9.17) is 5.73 Å². The lowest BCUT2D eigenvalue weighted by Crippen LogP contribution is -2.45. The molecule has 0 radical (unpaired) electrons. The number of nitrogens with zero attached hydrogens (tertiary/aromatic N) is 1. The molecule has 4 nitrogen and oxygen atoms in total. The molecule has 1 aromatic rings. The Labute approximate surface area is 115 Å². The number of benzene rings is 1. The highest BCUT2D eigenvalue weighted by atomic mass is 16.2. The van der Waals surface area contributed by atoms with Gasteiger partial charge in [0, 0.05) is 18.3 Å². The summed E-state index contributed by atoms with van der Waals surface area (Å²) in [5, 5.41) is 3.06. The molecule has 0 saturated heterocycles. The number of carbonyl (C=O) groups is 1. The highest BCUT2D eigenvalue weighted by molar-refractivity contribution is 5.81. The quantitative estimate of drug-likeness (QED) is 0.767. The Morgan fingerprint density at radius 1 is 1.42 bits per heavy atom. The summed E-state index contributed by atoms with van der Waals surface area (Å²) in [6.07, 6.45) is 2.26. The fraction of sp³-hybridized carbons (Fsp3) is 0.533. The minimum Gasteiger partial charge on any atom is -0.399 e. The van der Waals surface area contributed by atoms with Crippen LogP contribution in [-0.4, -0.2) is 29.4 Å². The third-order valence-corrected chi connectivity index (χ3v) is 3.62. The summed E-state index contributed by atoms with van der Waals surface area (Å²) in [5.74, 6) is 0.139. The second-order valence-electron chi connectivity index (χ2n) is 5.26. The van der Waals surface area contributed by atoms with Crippen LogP contribution in [0.25, 0.3) is 0 Å². The van der Waals surface area contributed by atoms with Crippen molar-refractivity contribution in [1.82, 2.24) is 10.2 Å². The Morgan fingerprint density at radius 2 is 2.05 bits per heavy atom. The van der Waals surface area contributed by atoms with Crippen molar-refractivity contribution in [3.8, 4) is 0 Å². The van der Waals surface area contributed by atoms with Crippen LogP contribution in [0.1, 0.15) is 32.3 Å². The highest BCUT2D eigenvalue weighted by Crippen LogP contribution is 2.19. The standard InChI is InChI=1S/C15H23N3O/c1-3-18(10-12-4-6-13(16)7-5-12)11(2)15(19)17-14-8-9-14/h4-7,11,14H,3,8-10,16H2,1-2H3,(H,17,19). The van der Waals surface area contributed by atoms with Crippen molar-refractivity contribution in [2.75, 3.05) is 12.3 Å². The van der Waals surface area contributed by atoms with Crippen LogP contribution < -0.4 is 11.1 Å². The SMILES string of the molecule is CCN(Cc1ccc(N)cc1)C(C)C(=O)NC1CC1. The van der Waals surface area contributed by atoms with Gasteiger partial charge >= 0.3 is 0 Å². The van der Waals surface area contributed by atoms with Crippen molar-refractivity contribution >= 4 is 11.6 Å². The van der Waals surface area contributed by atoms with Gasteiger partial charge in [-0.3, -0.25) is 9.69 Å². The topological polar surface area (TPSA) is 58.4 Å². The van der Waals surface area contributed by atoms with E-state index in [1.54, 1.807) is 0 Å². The lowest BCUT2D eigenvalue weighted by molar-refractivity contribution is -0.126. The number of likely N-dealkylation sites (N-methyl/N-ethyl adjacent to an activating group) is 1. The summed E-state index contributed by atoms with van der Waals surface area (Å²) in [5.41, 5.74) is 7.63. The Balaban J connectivity index is 1.94. The summed E-state index contributed by atoms with van der Waals surface area (Å²) < 4.78 is 0. The molecule has 19 heavy (non-hydrogen) atoms. The van der Waals surface area contributed by atoms with E-state index in [-0.39, 0.29) is 11.9 Å². The number of anilines is 1. The summed E-state index contributed by atoms with van der Waals surface area (Å²) in [7, 11) is 0. The van der Waals surface area contributed by atoms with Crippen molar-refractivity contribution in [3.63, 3.8) is 0 Å². The lowest BCUT2D eigenvalue weighted by Gasteiger charge is -2.27. The van der Waals surface area contributed by atoms with E-state index >= 15 is 0 Å². The number of carbonyl (C=O) groups excluding carboxylic acids is 1. The van der Waals surface area contributed by atoms with Gasteiger partial charge < -0.3 is 11.1 Å². The van der Waals surface area contributed by atoms with Gasteiger partial charge in [-0.2, -0.15) is 0 Å². The average molecular weight is 261 g/mol. The van der Waals surface area contributed by atoms with E-state index < -0.39 is 0 Å². The van der Waals surface area contributed by atoms with Crippen LogP contribution in [-0.2, 0) is 11.3 Å². The maximum absolute atomic E-state index is 12.1. The van der Waals surface area contributed by atoms with Crippen LogP contribution in [0, 0.1) is 0 Å². The largest absolute Gasteiger partial charge is 0.399 e. The number of amides is 1. The Hall–Kier alpha value is -1.55. The van der Waals surface area contributed by atoms with Crippen molar-refractivity contribution in [2.24, 2.45) is 0 Å². The number of nitrogens with two attached hydrogens (primary N) is 1. The molecule has 0 aromatic heterocycles. The average Bonchev–Trinajstić information content (AvgIpc) is 3.21. The van der Waals surface area contributed by atoms with Gasteiger partial charge in [0.15, 0.2) is 0 Å². The normalized spacial score (nSPS) is 16.4. The second kappa shape index (κ2) is 6.06. The molecule has 3 N–H and O–H groups in total. The first kappa shape index (κ1) is 13.9. The second-order valence-corrected chi connectivity index (χ2v) is 5.26. The first-order chi connectivity index (χ1) is 9.10. The van der Waals surface area contributed by atoms with Crippen molar-refractivity contribution in [3.05, 3.63) is 29.8 Å². The maximum atomic E-state index is 12.1. The van der Waals surface area contributed by atoms with Gasteiger partial charge in [-0.1, -0.05) is 19.1 Å². The van der Waals surface area contributed by atoms with Crippen LogP contribution >= 0.6 is 0 Å². The first-order valence-electron chi connectivity index (χ1n) is 6.99. The summed E-state index contributed by atoms with van der Waals surface area (Å²) in [4.78, 5) is 14.2. The molecular weight excluding hydrogens is 238 g/mol. The van der Waals surface area contributed by atoms with Gasteiger partial charge in [-0.25, -0.2) is 0 Å². The Kier molecular flexibility index (Phi) is 4.43. The molecule has 0 heterocycles. The lowest BCUT2D eigenvalue weighted by atomic mass is 10.1. The third kappa shape index (κ3) is 3.96. The van der Waals surface area contributed by atoms with Gasteiger partial charge in [0.05, 0.1) is 6.04 Å². The molecule has 1 amide bonds. The van der Waals surface area contributed by atoms with E-state index in [1.807, 2.05) is 31.2 Å². The monoisotopic (exact) mass is 261 g/mol. The van der Waals surface area contributed by atoms with E-state index in [0.29, 0.717) is 6.04 Å². The van der Waals surface area contributed by atoms with Crippen LogP contribution in [0.3, 0.4) is 0 Å². The molecule has 104 valence electrons. The van der Waals surface area contributed by atoms with Gasteiger partial charge in [0.2, 0.25) is 5.91 Å². The minimum atomic E-state index is -0.0943. The number of nitrogens with one attached hydrogen (secondary N) is 1.